The van der Waals surface area contributed by atoms with Crippen LogP contribution in [0.15, 0.2) is 42.0 Å². The summed E-state index contributed by atoms with van der Waals surface area (Å²) in [7, 11) is 8.26. The molecular formula is C28H45N7. The molecule has 0 unspecified atom stereocenters. The zero-order chi connectivity index (χ0) is 24.6. The van der Waals surface area contributed by atoms with Gasteiger partial charge in [0.1, 0.15) is 5.82 Å². The van der Waals surface area contributed by atoms with Crippen molar-refractivity contribution in [3.63, 3.8) is 0 Å². The Morgan fingerprint density at radius 1 is 0.914 bits per heavy atom. The number of anilines is 2. The maximum Gasteiger partial charge on any atom is 0.124 e. The van der Waals surface area contributed by atoms with Crippen LogP contribution in [0.1, 0.15) is 32.1 Å². The number of aromatic nitrogens is 2. The number of hydrogen-bond acceptors (Lipinski definition) is 6. The average molecular weight is 480 g/mol. The summed E-state index contributed by atoms with van der Waals surface area (Å²) in [4.78, 5) is 7.24. The lowest BCUT2D eigenvalue weighted by Gasteiger charge is -2.34. The molecule has 0 bridgehead atoms. The van der Waals surface area contributed by atoms with Gasteiger partial charge in [0, 0.05) is 70.2 Å². The van der Waals surface area contributed by atoms with Crippen molar-refractivity contribution in [2.45, 2.75) is 38.1 Å². The molecule has 192 valence electrons. The smallest absolute Gasteiger partial charge is 0.124 e. The van der Waals surface area contributed by atoms with Crippen LogP contribution in [0, 0.1) is 0 Å². The number of piperidine rings is 1. The second-order valence-electron chi connectivity index (χ2n) is 10.3. The van der Waals surface area contributed by atoms with Gasteiger partial charge in [-0.05, 0) is 71.4 Å². The molecule has 0 spiro atoms. The summed E-state index contributed by atoms with van der Waals surface area (Å²) in [6.07, 6.45) is 9.17. The normalized spacial score (nSPS) is 19.7. The van der Waals surface area contributed by atoms with Gasteiger partial charge in [-0.3, -0.25) is 4.68 Å². The number of likely N-dealkylation sites (N-methyl/N-ethyl adjacent to an activating group) is 1. The van der Waals surface area contributed by atoms with E-state index in [0.717, 1.165) is 55.8 Å². The monoisotopic (exact) mass is 479 g/mol. The van der Waals surface area contributed by atoms with Crippen molar-refractivity contribution in [2.75, 3.05) is 77.2 Å². The van der Waals surface area contributed by atoms with Crippen LogP contribution in [0.5, 0.6) is 0 Å². The van der Waals surface area contributed by atoms with Gasteiger partial charge in [-0.1, -0.05) is 23.8 Å². The minimum atomic E-state index is 0.767. The van der Waals surface area contributed by atoms with Crippen LogP contribution in [-0.4, -0.2) is 92.6 Å². The molecule has 0 radical (unpaired) electrons. The zero-order valence-electron chi connectivity index (χ0n) is 22.3. The number of nitrogens with one attached hydrogen (secondary N) is 2. The fraction of sp³-hybridized carbons (Fsp3) is 0.607. The second-order valence-corrected chi connectivity index (χ2v) is 10.3. The molecule has 1 saturated carbocycles. The van der Waals surface area contributed by atoms with E-state index in [1.165, 1.54) is 50.9 Å². The molecule has 2 aliphatic heterocycles. The largest absolute Gasteiger partial charge is 0.373 e. The molecule has 35 heavy (non-hydrogen) atoms. The Labute approximate surface area is 212 Å². The zero-order valence-corrected chi connectivity index (χ0v) is 22.3. The number of benzene rings is 1. The molecule has 5 rings (SSSR count). The van der Waals surface area contributed by atoms with Crippen LogP contribution in [0.25, 0.3) is 11.3 Å². The number of piperazine rings is 1. The molecule has 7 nitrogen and oxygen atoms in total. The molecule has 3 aliphatic rings. The fourth-order valence-corrected chi connectivity index (χ4v) is 4.92. The van der Waals surface area contributed by atoms with Gasteiger partial charge in [0.05, 0.1) is 5.69 Å². The Morgan fingerprint density at radius 2 is 1.57 bits per heavy atom. The van der Waals surface area contributed by atoms with Crippen LogP contribution in [0.4, 0.5) is 11.5 Å². The van der Waals surface area contributed by atoms with Crippen LogP contribution < -0.4 is 15.5 Å². The summed E-state index contributed by atoms with van der Waals surface area (Å²) in [5, 5.41) is 11.3. The van der Waals surface area contributed by atoms with Gasteiger partial charge in [0.2, 0.25) is 0 Å². The molecule has 0 amide bonds. The van der Waals surface area contributed by atoms with Crippen molar-refractivity contribution in [2.24, 2.45) is 7.05 Å². The van der Waals surface area contributed by atoms with Gasteiger partial charge in [-0.2, -0.15) is 5.10 Å². The molecule has 1 aliphatic carbocycles. The summed E-state index contributed by atoms with van der Waals surface area (Å²) in [5.74, 6) is 1.02. The highest BCUT2D eigenvalue weighted by molar-refractivity contribution is 5.66. The summed E-state index contributed by atoms with van der Waals surface area (Å²) in [6.45, 7) is 8.08. The van der Waals surface area contributed by atoms with E-state index in [4.69, 9.17) is 0 Å². The third kappa shape index (κ3) is 7.32. The third-order valence-corrected chi connectivity index (χ3v) is 7.68. The predicted octanol–water partition coefficient (Wildman–Crippen LogP) is 3.66. The number of nitrogens with zero attached hydrogens (tertiary/aromatic N) is 5. The van der Waals surface area contributed by atoms with E-state index in [1.54, 1.807) is 5.57 Å². The Balaban J connectivity index is 0.000000179. The molecule has 0 atom stereocenters. The minimum Gasteiger partial charge on any atom is -0.373 e. The lowest BCUT2D eigenvalue weighted by molar-refractivity contribution is 0.238. The van der Waals surface area contributed by atoms with E-state index >= 15 is 0 Å². The van der Waals surface area contributed by atoms with Gasteiger partial charge in [0.25, 0.3) is 0 Å². The molecule has 1 aromatic carbocycles. The first-order chi connectivity index (χ1) is 17.0. The average Bonchev–Trinajstić information content (AvgIpc) is 3.23. The van der Waals surface area contributed by atoms with E-state index in [-0.39, 0.29) is 0 Å². The minimum absolute atomic E-state index is 0.767. The van der Waals surface area contributed by atoms with Gasteiger partial charge in [-0.15, -0.1) is 0 Å². The van der Waals surface area contributed by atoms with Crippen LogP contribution in [0.3, 0.4) is 0 Å². The number of rotatable bonds is 6. The first kappa shape index (κ1) is 25.7. The lowest BCUT2D eigenvalue weighted by Crippen LogP contribution is -2.44. The van der Waals surface area contributed by atoms with Crippen molar-refractivity contribution >= 4 is 11.5 Å². The van der Waals surface area contributed by atoms with Gasteiger partial charge < -0.3 is 25.3 Å². The quantitative estimate of drug-likeness (QED) is 0.617. The van der Waals surface area contributed by atoms with Crippen molar-refractivity contribution in [1.29, 1.82) is 0 Å². The van der Waals surface area contributed by atoms with Crippen LogP contribution >= 0.6 is 0 Å². The van der Waals surface area contributed by atoms with E-state index < -0.39 is 0 Å². The number of allylic oxidation sites excluding steroid dienone is 1. The first-order valence-corrected chi connectivity index (χ1v) is 13.4. The molecule has 2 aromatic rings. The highest BCUT2D eigenvalue weighted by atomic mass is 15.3. The molecule has 3 fully saturated rings. The van der Waals surface area contributed by atoms with E-state index in [2.05, 4.69) is 80.9 Å². The van der Waals surface area contributed by atoms with Crippen LogP contribution in [-0.2, 0) is 7.05 Å². The SMILES string of the molecule is CN1CCC(NCC=C2CCC2)CC1.CNc1cc(-c2ccc(N3CCN(C)CC3)cc2)nn1C. The number of aryl methyl sites for hydroxylation is 1. The Kier molecular flexibility index (Phi) is 9.24. The Morgan fingerprint density at radius 3 is 2.14 bits per heavy atom. The topological polar surface area (TPSA) is 51.6 Å². The van der Waals surface area contributed by atoms with E-state index in [1.807, 2.05) is 18.8 Å². The number of hydrogen-bond donors (Lipinski definition) is 2. The van der Waals surface area contributed by atoms with Gasteiger partial charge >= 0.3 is 0 Å². The summed E-state index contributed by atoms with van der Waals surface area (Å²) < 4.78 is 1.86. The van der Waals surface area contributed by atoms with Crippen molar-refractivity contribution in [3.05, 3.63) is 42.0 Å². The van der Waals surface area contributed by atoms with E-state index in [0.29, 0.717) is 0 Å². The second kappa shape index (κ2) is 12.6. The first-order valence-electron chi connectivity index (χ1n) is 13.4. The molecule has 1 aromatic heterocycles. The predicted molar refractivity (Wildman–Crippen MR) is 148 cm³/mol. The summed E-state index contributed by atoms with van der Waals surface area (Å²) >= 11 is 0. The van der Waals surface area contributed by atoms with Crippen molar-refractivity contribution < 1.29 is 0 Å². The fourth-order valence-electron chi connectivity index (χ4n) is 4.92. The molecular weight excluding hydrogens is 434 g/mol. The Hall–Kier alpha value is -2.35. The summed E-state index contributed by atoms with van der Waals surface area (Å²) in [5.41, 5.74) is 5.14. The molecule has 2 N–H and O–H groups in total. The van der Waals surface area contributed by atoms with Crippen LogP contribution in [0.2, 0.25) is 0 Å². The van der Waals surface area contributed by atoms with Crippen molar-refractivity contribution in [1.82, 2.24) is 24.9 Å². The number of likely N-dealkylation sites (tertiary alicyclic amines) is 1. The van der Waals surface area contributed by atoms with Crippen molar-refractivity contribution in [3.8, 4) is 11.3 Å². The Bertz CT molecular complexity index is 927. The molecule has 3 heterocycles. The van der Waals surface area contributed by atoms with Gasteiger partial charge in [-0.25, -0.2) is 0 Å². The van der Waals surface area contributed by atoms with Gasteiger partial charge in [0.15, 0.2) is 0 Å². The van der Waals surface area contributed by atoms with E-state index in [9.17, 15) is 0 Å². The highest BCUT2D eigenvalue weighted by Crippen LogP contribution is 2.25. The third-order valence-electron chi connectivity index (χ3n) is 7.68. The maximum atomic E-state index is 4.54. The standard InChI is InChI=1S/C16H23N5.C12H22N2/c1-17-16-12-15(18-20(16)3)13-4-6-14(7-5-13)21-10-8-19(2)9-11-21;1-14-9-6-12(7-10-14)13-8-5-11-3-2-4-11/h4-7,12,17H,8-11H2,1-3H3;5,12-13H,2-4,6-10H2,1H3. The maximum absolute atomic E-state index is 4.54. The summed E-state index contributed by atoms with van der Waals surface area (Å²) in [6, 6.07) is 11.6. The lowest BCUT2D eigenvalue weighted by atomic mass is 9.92. The molecule has 2 saturated heterocycles. The molecule has 7 heteroatoms. The highest BCUT2D eigenvalue weighted by Gasteiger charge is 2.16.